The zero-order valence-corrected chi connectivity index (χ0v) is 15.0. The third kappa shape index (κ3) is 4.70. The number of benzene rings is 1. The van der Waals surface area contributed by atoms with Gasteiger partial charge in [-0.25, -0.2) is 9.97 Å². The number of amides is 2. The molecule has 2 heterocycles. The van der Waals surface area contributed by atoms with Crippen LogP contribution in [0.3, 0.4) is 0 Å². The largest absolute Gasteiger partial charge is 0.352 e. The standard InChI is InChI=1S/C18H20ClN5O2/c19-16-3-1-2-14(10-16)4-5-20-17(26)15-11-21-18(22-12-15)24-8-6-23(13-25)7-9-24/h1-3,10-13H,4-9H2,(H,20,26). The molecule has 3 rings (SSSR count). The summed E-state index contributed by atoms with van der Waals surface area (Å²) in [4.78, 5) is 35.2. The third-order valence-electron chi connectivity index (χ3n) is 4.23. The molecule has 1 N–H and O–H groups in total. The molecule has 136 valence electrons. The minimum atomic E-state index is -0.204. The van der Waals surface area contributed by atoms with Gasteiger partial charge in [0.05, 0.1) is 5.56 Å². The van der Waals surface area contributed by atoms with Crippen molar-refractivity contribution in [2.24, 2.45) is 0 Å². The van der Waals surface area contributed by atoms with E-state index in [4.69, 9.17) is 11.6 Å². The Balaban J connectivity index is 1.50. The molecule has 1 aromatic heterocycles. The van der Waals surface area contributed by atoms with Crippen LogP contribution in [-0.2, 0) is 11.2 Å². The summed E-state index contributed by atoms with van der Waals surface area (Å²) in [5, 5.41) is 3.55. The summed E-state index contributed by atoms with van der Waals surface area (Å²) in [6.07, 6.45) is 4.62. The van der Waals surface area contributed by atoms with Gasteiger partial charge in [-0.05, 0) is 24.1 Å². The SMILES string of the molecule is O=CN1CCN(c2ncc(C(=O)NCCc3cccc(Cl)c3)cn2)CC1. The van der Waals surface area contributed by atoms with E-state index in [0.717, 1.165) is 12.0 Å². The van der Waals surface area contributed by atoms with E-state index in [1.165, 1.54) is 12.4 Å². The number of carbonyl (C=O) groups excluding carboxylic acids is 2. The third-order valence-corrected chi connectivity index (χ3v) is 4.47. The van der Waals surface area contributed by atoms with E-state index < -0.39 is 0 Å². The molecule has 8 heteroatoms. The van der Waals surface area contributed by atoms with Gasteiger partial charge in [0.1, 0.15) is 0 Å². The first-order chi connectivity index (χ1) is 12.7. The van der Waals surface area contributed by atoms with Crippen molar-refractivity contribution < 1.29 is 9.59 Å². The average molecular weight is 374 g/mol. The summed E-state index contributed by atoms with van der Waals surface area (Å²) in [6.45, 7) is 3.18. The molecule has 26 heavy (non-hydrogen) atoms. The number of carbonyl (C=O) groups is 2. The van der Waals surface area contributed by atoms with E-state index in [1.54, 1.807) is 4.90 Å². The van der Waals surface area contributed by atoms with Gasteiger partial charge in [0, 0.05) is 50.1 Å². The lowest BCUT2D eigenvalue weighted by atomic mass is 10.1. The summed E-state index contributed by atoms with van der Waals surface area (Å²) in [5.41, 5.74) is 1.49. The Labute approximate surface area is 157 Å². The van der Waals surface area contributed by atoms with E-state index in [0.29, 0.717) is 55.7 Å². The summed E-state index contributed by atoms with van der Waals surface area (Å²) >= 11 is 5.95. The van der Waals surface area contributed by atoms with E-state index in [1.807, 2.05) is 29.2 Å². The van der Waals surface area contributed by atoms with E-state index in [9.17, 15) is 9.59 Å². The van der Waals surface area contributed by atoms with Gasteiger partial charge < -0.3 is 15.1 Å². The van der Waals surface area contributed by atoms with Gasteiger partial charge in [-0.15, -0.1) is 0 Å². The highest BCUT2D eigenvalue weighted by Crippen LogP contribution is 2.12. The molecule has 1 aliphatic rings. The molecular formula is C18H20ClN5O2. The Morgan fingerprint density at radius 1 is 1.19 bits per heavy atom. The number of anilines is 1. The number of halogens is 1. The number of nitrogens with one attached hydrogen (secondary N) is 1. The highest BCUT2D eigenvalue weighted by molar-refractivity contribution is 6.30. The Bertz CT molecular complexity index is 760. The van der Waals surface area contributed by atoms with Crippen molar-refractivity contribution >= 4 is 29.9 Å². The van der Waals surface area contributed by atoms with Crippen LogP contribution >= 0.6 is 11.6 Å². The maximum atomic E-state index is 12.2. The average Bonchev–Trinajstić information content (AvgIpc) is 2.68. The monoisotopic (exact) mass is 373 g/mol. The Hall–Kier alpha value is -2.67. The molecule has 1 saturated heterocycles. The van der Waals surface area contributed by atoms with E-state index >= 15 is 0 Å². The fourth-order valence-electron chi connectivity index (χ4n) is 2.74. The molecule has 0 spiro atoms. The zero-order valence-electron chi connectivity index (χ0n) is 14.3. The van der Waals surface area contributed by atoms with Gasteiger partial charge in [0.15, 0.2) is 0 Å². The van der Waals surface area contributed by atoms with Crippen molar-refractivity contribution in [2.45, 2.75) is 6.42 Å². The van der Waals surface area contributed by atoms with Crippen LogP contribution in [0.4, 0.5) is 5.95 Å². The summed E-state index contributed by atoms with van der Waals surface area (Å²) in [5.74, 6) is 0.371. The number of piperazine rings is 1. The van der Waals surface area contributed by atoms with Crippen molar-refractivity contribution in [3.05, 3.63) is 52.8 Å². The first-order valence-corrected chi connectivity index (χ1v) is 8.82. The van der Waals surface area contributed by atoms with Crippen molar-refractivity contribution in [3.8, 4) is 0 Å². The predicted molar refractivity (Wildman–Crippen MR) is 99.4 cm³/mol. The summed E-state index contributed by atoms with van der Waals surface area (Å²) in [6, 6.07) is 7.57. The Morgan fingerprint density at radius 3 is 2.58 bits per heavy atom. The van der Waals surface area contributed by atoms with Gasteiger partial charge in [-0.3, -0.25) is 9.59 Å². The normalized spacial score (nSPS) is 14.2. The molecule has 0 radical (unpaired) electrons. The minimum absolute atomic E-state index is 0.204. The molecule has 1 aliphatic heterocycles. The van der Waals surface area contributed by atoms with Crippen LogP contribution in [0.5, 0.6) is 0 Å². The van der Waals surface area contributed by atoms with Crippen molar-refractivity contribution in [2.75, 3.05) is 37.6 Å². The topological polar surface area (TPSA) is 78.4 Å². The number of hydrogen-bond acceptors (Lipinski definition) is 5. The molecular weight excluding hydrogens is 354 g/mol. The molecule has 1 aromatic carbocycles. The van der Waals surface area contributed by atoms with Gasteiger partial charge in [-0.2, -0.15) is 0 Å². The maximum Gasteiger partial charge on any atom is 0.254 e. The molecule has 2 aromatic rings. The van der Waals surface area contributed by atoms with Crippen molar-refractivity contribution in [3.63, 3.8) is 0 Å². The molecule has 0 aliphatic carbocycles. The fourth-order valence-corrected chi connectivity index (χ4v) is 2.96. The molecule has 0 atom stereocenters. The molecule has 0 saturated carbocycles. The fraction of sp³-hybridized carbons (Fsp3) is 0.333. The second-order valence-electron chi connectivity index (χ2n) is 6.04. The predicted octanol–water partition coefficient (Wildman–Crippen LogP) is 1.38. The number of nitrogens with zero attached hydrogens (tertiary/aromatic N) is 4. The Morgan fingerprint density at radius 2 is 1.92 bits per heavy atom. The van der Waals surface area contributed by atoms with E-state index in [-0.39, 0.29) is 5.91 Å². The van der Waals surface area contributed by atoms with Crippen LogP contribution < -0.4 is 10.2 Å². The van der Waals surface area contributed by atoms with Crippen LogP contribution in [0.1, 0.15) is 15.9 Å². The smallest absolute Gasteiger partial charge is 0.254 e. The molecule has 2 amide bonds. The van der Waals surface area contributed by atoms with Crippen molar-refractivity contribution in [1.82, 2.24) is 20.2 Å². The van der Waals surface area contributed by atoms with Gasteiger partial charge >= 0.3 is 0 Å². The quantitative estimate of drug-likeness (QED) is 0.774. The number of aromatic nitrogens is 2. The molecule has 0 unspecified atom stereocenters. The first kappa shape index (κ1) is 18.1. The Kier molecular flexibility index (Phi) is 6.01. The number of rotatable bonds is 6. The van der Waals surface area contributed by atoms with Gasteiger partial charge in [-0.1, -0.05) is 23.7 Å². The lowest BCUT2D eigenvalue weighted by Gasteiger charge is -2.32. The highest BCUT2D eigenvalue weighted by atomic mass is 35.5. The van der Waals surface area contributed by atoms with Crippen LogP contribution in [0, 0.1) is 0 Å². The second-order valence-corrected chi connectivity index (χ2v) is 6.47. The lowest BCUT2D eigenvalue weighted by Crippen LogP contribution is -2.46. The van der Waals surface area contributed by atoms with Gasteiger partial charge in [0.2, 0.25) is 12.4 Å². The van der Waals surface area contributed by atoms with Crippen molar-refractivity contribution in [1.29, 1.82) is 0 Å². The van der Waals surface area contributed by atoms with Crippen LogP contribution in [0.25, 0.3) is 0 Å². The minimum Gasteiger partial charge on any atom is -0.352 e. The van der Waals surface area contributed by atoms with Crippen LogP contribution in [-0.4, -0.2) is 59.9 Å². The second kappa shape index (κ2) is 8.62. The lowest BCUT2D eigenvalue weighted by molar-refractivity contribution is -0.118. The van der Waals surface area contributed by atoms with E-state index in [2.05, 4.69) is 15.3 Å². The first-order valence-electron chi connectivity index (χ1n) is 8.44. The molecule has 7 nitrogen and oxygen atoms in total. The number of hydrogen-bond donors (Lipinski definition) is 1. The molecule has 0 bridgehead atoms. The summed E-state index contributed by atoms with van der Waals surface area (Å²) in [7, 11) is 0. The highest BCUT2D eigenvalue weighted by Gasteiger charge is 2.18. The summed E-state index contributed by atoms with van der Waals surface area (Å²) < 4.78 is 0. The van der Waals surface area contributed by atoms with Crippen LogP contribution in [0.2, 0.25) is 5.02 Å². The maximum absolute atomic E-state index is 12.2. The van der Waals surface area contributed by atoms with Gasteiger partial charge in [0.25, 0.3) is 5.91 Å². The van der Waals surface area contributed by atoms with Crippen LogP contribution in [0.15, 0.2) is 36.7 Å². The zero-order chi connectivity index (χ0) is 18.4. The molecule has 1 fully saturated rings.